The Kier molecular flexibility index (Phi) is 9.25. The van der Waals surface area contributed by atoms with E-state index >= 15 is 0 Å². The Morgan fingerprint density at radius 2 is 1.54 bits per heavy atom. The van der Waals surface area contributed by atoms with Crippen LogP contribution in [0.1, 0.15) is 34.1 Å². The largest absolute Gasteiger partial charge is 0.505 e. The van der Waals surface area contributed by atoms with Crippen LogP contribution in [0.15, 0.2) is 35.3 Å². The normalized spacial score (nSPS) is 11.6. The standard InChI is InChI=1S/C23H23Cl3N4O5/c1-5-17(31)21(34)28-11-6-7-13(24)16(10-11)29-30-22(35)18(20(33)23(2,3)4)27-12-8-14(25)19(32)15(26)9-12/h6-10,29,32H,5H2,1-4H3,(H,28,34)(H,30,35)/b27-18-. The summed E-state index contributed by atoms with van der Waals surface area (Å²) < 4.78 is 0. The predicted molar refractivity (Wildman–Crippen MR) is 137 cm³/mol. The van der Waals surface area contributed by atoms with Gasteiger partial charge in [-0.15, -0.1) is 0 Å². The molecule has 2 rings (SSSR count). The van der Waals surface area contributed by atoms with E-state index in [1.165, 1.54) is 30.3 Å². The van der Waals surface area contributed by atoms with E-state index in [0.717, 1.165) is 0 Å². The number of amides is 2. The van der Waals surface area contributed by atoms with Crippen molar-refractivity contribution >= 4 is 81.0 Å². The summed E-state index contributed by atoms with van der Waals surface area (Å²) in [6.07, 6.45) is 0.0436. The molecule has 0 atom stereocenters. The number of phenols is 1. The molecule has 186 valence electrons. The highest BCUT2D eigenvalue weighted by Gasteiger charge is 2.31. The Balaban J connectivity index is 2.33. The molecule has 0 aliphatic carbocycles. The van der Waals surface area contributed by atoms with E-state index in [2.05, 4.69) is 21.2 Å². The van der Waals surface area contributed by atoms with Crippen molar-refractivity contribution in [1.29, 1.82) is 0 Å². The maximum absolute atomic E-state index is 13.0. The maximum atomic E-state index is 13.0. The zero-order chi connectivity index (χ0) is 26.5. The highest BCUT2D eigenvalue weighted by atomic mass is 35.5. The summed E-state index contributed by atoms with van der Waals surface area (Å²) in [6.45, 7) is 6.40. The van der Waals surface area contributed by atoms with Gasteiger partial charge in [0.15, 0.2) is 17.2 Å². The molecular formula is C23H23Cl3N4O5. The van der Waals surface area contributed by atoms with Crippen molar-refractivity contribution < 1.29 is 24.3 Å². The third-order valence-corrected chi connectivity index (χ3v) is 5.37. The number of benzene rings is 2. The molecule has 12 heteroatoms. The lowest BCUT2D eigenvalue weighted by atomic mass is 9.87. The van der Waals surface area contributed by atoms with Crippen molar-refractivity contribution in [2.45, 2.75) is 34.1 Å². The van der Waals surface area contributed by atoms with Crippen LogP contribution in [0.5, 0.6) is 5.75 Å². The number of rotatable bonds is 8. The molecule has 0 heterocycles. The molecule has 0 aliphatic rings. The van der Waals surface area contributed by atoms with Crippen molar-refractivity contribution in [3.63, 3.8) is 0 Å². The van der Waals surface area contributed by atoms with Crippen molar-refractivity contribution in [3.05, 3.63) is 45.4 Å². The molecule has 0 saturated heterocycles. The number of hydrogen-bond acceptors (Lipinski definition) is 7. The maximum Gasteiger partial charge on any atom is 0.291 e. The lowest BCUT2D eigenvalue weighted by molar-refractivity contribution is -0.134. The summed E-state index contributed by atoms with van der Waals surface area (Å²) in [5, 5.41) is 12.1. The van der Waals surface area contributed by atoms with Gasteiger partial charge in [-0.05, 0) is 30.3 Å². The molecule has 2 aromatic carbocycles. The van der Waals surface area contributed by atoms with Gasteiger partial charge in [-0.3, -0.25) is 30.0 Å². The van der Waals surface area contributed by atoms with E-state index in [9.17, 15) is 24.3 Å². The van der Waals surface area contributed by atoms with Crippen LogP contribution < -0.4 is 16.2 Å². The van der Waals surface area contributed by atoms with E-state index in [-0.39, 0.29) is 44.3 Å². The minimum atomic E-state index is -0.964. The number of carbonyl (C=O) groups is 4. The summed E-state index contributed by atoms with van der Waals surface area (Å²) in [4.78, 5) is 53.4. The molecule has 0 bridgehead atoms. The number of halogens is 3. The number of ketones is 2. The second-order valence-corrected chi connectivity index (χ2v) is 9.52. The van der Waals surface area contributed by atoms with Crippen LogP contribution >= 0.6 is 34.8 Å². The second-order valence-electron chi connectivity index (χ2n) is 8.30. The van der Waals surface area contributed by atoms with Gasteiger partial charge in [0.05, 0.1) is 26.4 Å². The Morgan fingerprint density at radius 3 is 2.09 bits per heavy atom. The van der Waals surface area contributed by atoms with Gasteiger partial charge in [-0.1, -0.05) is 62.5 Å². The number of aromatic hydroxyl groups is 1. The second kappa shape index (κ2) is 11.5. The highest BCUT2D eigenvalue weighted by molar-refractivity contribution is 6.66. The Labute approximate surface area is 216 Å². The first-order valence-electron chi connectivity index (χ1n) is 10.3. The van der Waals surface area contributed by atoms with Crippen LogP contribution in [0.4, 0.5) is 17.1 Å². The Bertz CT molecular complexity index is 1200. The number of hydrazine groups is 1. The molecule has 0 unspecified atom stereocenters. The number of nitrogens with one attached hydrogen (secondary N) is 3. The molecule has 0 spiro atoms. The number of carbonyl (C=O) groups excluding carboxylic acids is 4. The highest BCUT2D eigenvalue weighted by Crippen LogP contribution is 2.36. The number of hydrogen-bond donors (Lipinski definition) is 4. The lowest BCUT2D eigenvalue weighted by Crippen LogP contribution is -2.43. The summed E-state index contributed by atoms with van der Waals surface area (Å²) in [5.41, 5.74) is 4.01. The van der Waals surface area contributed by atoms with Gasteiger partial charge in [0.25, 0.3) is 11.8 Å². The fourth-order valence-electron chi connectivity index (χ4n) is 2.55. The monoisotopic (exact) mass is 540 g/mol. The molecule has 0 fully saturated rings. The molecule has 35 heavy (non-hydrogen) atoms. The third kappa shape index (κ3) is 7.42. The van der Waals surface area contributed by atoms with Crippen molar-refractivity contribution in [2.75, 3.05) is 10.7 Å². The van der Waals surface area contributed by atoms with E-state index in [1.807, 2.05) is 0 Å². The molecule has 2 aromatic rings. The number of anilines is 2. The topological polar surface area (TPSA) is 137 Å². The predicted octanol–water partition coefficient (Wildman–Crippen LogP) is 5.10. The first-order chi connectivity index (χ1) is 16.2. The fourth-order valence-corrected chi connectivity index (χ4v) is 3.19. The average molecular weight is 542 g/mol. The van der Waals surface area contributed by atoms with Crippen LogP contribution in [0, 0.1) is 5.41 Å². The molecule has 0 aliphatic heterocycles. The molecule has 0 radical (unpaired) electrons. The van der Waals surface area contributed by atoms with E-state index in [4.69, 9.17) is 34.8 Å². The quantitative estimate of drug-likeness (QED) is 0.159. The number of nitrogens with zero attached hydrogens (tertiary/aromatic N) is 1. The summed E-state index contributed by atoms with van der Waals surface area (Å²) >= 11 is 18.0. The SMILES string of the molecule is CCC(=O)C(=O)Nc1ccc(Cl)c(NNC(=O)/C(=N\c2cc(Cl)c(O)c(Cl)c2)C(=O)C(C)(C)C)c1. The zero-order valence-corrected chi connectivity index (χ0v) is 21.5. The summed E-state index contributed by atoms with van der Waals surface area (Å²) in [6, 6.07) is 6.81. The van der Waals surface area contributed by atoms with Gasteiger partial charge in [-0.25, -0.2) is 4.99 Å². The number of Topliss-reactive ketones (excluding diaryl/α,β-unsaturated/α-hetero) is 2. The van der Waals surface area contributed by atoms with Crippen LogP contribution in [0.25, 0.3) is 0 Å². The third-order valence-electron chi connectivity index (χ3n) is 4.46. The minimum Gasteiger partial charge on any atom is -0.505 e. The van der Waals surface area contributed by atoms with Crippen molar-refractivity contribution in [3.8, 4) is 5.75 Å². The first kappa shape index (κ1) is 28.1. The minimum absolute atomic E-state index is 0.0436. The smallest absolute Gasteiger partial charge is 0.291 e. The number of aliphatic imine (C=N–C) groups is 1. The van der Waals surface area contributed by atoms with Gasteiger partial charge in [0.2, 0.25) is 5.78 Å². The van der Waals surface area contributed by atoms with Gasteiger partial charge >= 0.3 is 0 Å². The average Bonchev–Trinajstić information content (AvgIpc) is 2.79. The number of phenolic OH excluding ortho intramolecular Hbond substituents is 1. The van der Waals surface area contributed by atoms with E-state index < -0.39 is 34.5 Å². The van der Waals surface area contributed by atoms with Crippen LogP contribution in [0.3, 0.4) is 0 Å². The van der Waals surface area contributed by atoms with Gasteiger partial charge in [0.1, 0.15) is 0 Å². The lowest BCUT2D eigenvalue weighted by Gasteiger charge is -2.18. The first-order valence-corrected chi connectivity index (χ1v) is 11.4. The summed E-state index contributed by atoms with van der Waals surface area (Å²) in [7, 11) is 0. The molecule has 9 nitrogen and oxygen atoms in total. The zero-order valence-electron chi connectivity index (χ0n) is 19.3. The molecular weight excluding hydrogens is 519 g/mol. The Hall–Kier alpha value is -3.14. The van der Waals surface area contributed by atoms with Gasteiger partial charge < -0.3 is 10.4 Å². The molecule has 4 N–H and O–H groups in total. The van der Waals surface area contributed by atoms with Crippen LogP contribution in [0.2, 0.25) is 15.1 Å². The van der Waals surface area contributed by atoms with Gasteiger partial charge in [0, 0.05) is 17.5 Å². The Morgan fingerprint density at radius 1 is 0.943 bits per heavy atom. The molecule has 2 amide bonds. The molecule has 0 aromatic heterocycles. The molecule has 0 saturated carbocycles. The van der Waals surface area contributed by atoms with Crippen molar-refractivity contribution in [2.24, 2.45) is 10.4 Å². The van der Waals surface area contributed by atoms with Crippen LogP contribution in [-0.2, 0) is 19.2 Å². The van der Waals surface area contributed by atoms with Crippen LogP contribution in [-0.4, -0.2) is 34.2 Å². The van der Waals surface area contributed by atoms with E-state index in [1.54, 1.807) is 27.7 Å². The van der Waals surface area contributed by atoms with Gasteiger partial charge in [-0.2, -0.15) is 0 Å². The summed E-state index contributed by atoms with van der Waals surface area (Å²) in [5.74, 6) is -3.22. The van der Waals surface area contributed by atoms with Crippen molar-refractivity contribution in [1.82, 2.24) is 5.43 Å². The van der Waals surface area contributed by atoms with E-state index in [0.29, 0.717) is 0 Å². The fraction of sp³-hybridized carbons (Fsp3) is 0.261.